The van der Waals surface area contributed by atoms with Gasteiger partial charge < -0.3 is 14.6 Å². The van der Waals surface area contributed by atoms with Crippen molar-refractivity contribution in [2.45, 2.75) is 19.3 Å². The summed E-state index contributed by atoms with van der Waals surface area (Å²) in [6.07, 6.45) is 1.96. The minimum atomic E-state index is -0.321. The molecule has 14 heavy (non-hydrogen) atoms. The Kier molecular flexibility index (Phi) is 4.51. The summed E-state index contributed by atoms with van der Waals surface area (Å²) >= 11 is 0. The average Bonchev–Trinajstić information content (AvgIpc) is 2.63. The van der Waals surface area contributed by atoms with Crippen molar-refractivity contribution in [2.24, 2.45) is 0 Å². The molecule has 0 aliphatic heterocycles. The largest absolute Gasteiger partial charge is 0.396 e. The summed E-state index contributed by atoms with van der Waals surface area (Å²) in [5.74, 6) is 0. The maximum absolute atomic E-state index is 8.68. The van der Waals surface area contributed by atoms with Gasteiger partial charge in [0.1, 0.15) is 0 Å². The van der Waals surface area contributed by atoms with Crippen LogP contribution in [-0.2, 0) is 22.4 Å². The van der Waals surface area contributed by atoms with Crippen LogP contribution >= 0.6 is 0 Å². The Balaban J connectivity index is 2.49. The van der Waals surface area contributed by atoms with E-state index < -0.39 is 0 Å². The van der Waals surface area contributed by atoms with Gasteiger partial charge in [-0.3, -0.25) is 0 Å². The molecule has 0 bridgehead atoms. The average molecular weight is 201 g/mol. The van der Waals surface area contributed by atoms with Gasteiger partial charge >= 0.3 is 0 Å². The number of hydrogen-bond donors (Lipinski definition) is 1. The number of aliphatic hydroxyl groups is 1. The molecule has 6 heteroatoms. The summed E-state index contributed by atoms with van der Waals surface area (Å²) < 4.78 is 11.7. The molecule has 1 heterocycles. The molecule has 80 valence electrons. The Morgan fingerprint density at radius 1 is 1.50 bits per heavy atom. The maximum Gasteiger partial charge on any atom is 0.176 e. The maximum atomic E-state index is 8.68. The molecular formula is C8H15N3O3. The van der Waals surface area contributed by atoms with E-state index in [4.69, 9.17) is 14.6 Å². The third-order valence-electron chi connectivity index (χ3n) is 1.82. The minimum absolute atomic E-state index is 0.0800. The first-order chi connectivity index (χ1) is 6.80. The van der Waals surface area contributed by atoms with Gasteiger partial charge in [0, 0.05) is 33.4 Å². The van der Waals surface area contributed by atoms with Crippen LogP contribution in [0.2, 0.25) is 0 Å². The number of aromatic nitrogens is 3. The highest BCUT2D eigenvalue weighted by Gasteiger charge is 2.07. The van der Waals surface area contributed by atoms with E-state index in [0.717, 1.165) is 5.69 Å². The molecule has 1 aromatic rings. The molecule has 6 nitrogen and oxygen atoms in total. The molecule has 0 radical (unpaired) electrons. The second-order valence-corrected chi connectivity index (χ2v) is 2.81. The first-order valence-electron chi connectivity index (χ1n) is 4.35. The molecule has 0 amide bonds. The fraction of sp³-hybridized carbons (Fsp3) is 0.750. The first kappa shape index (κ1) is 11.1. The molecule has 0 saturated heterocycles. The number of hydrogen-bond acceptors (Lipinski definition) is 5. The van der Waals surface area contributed by atoms with Crippen LogP contribution in [0.1, 0.15) is 5.69 Å². The van der Waals surface area contributed by atoms with Crippen LogP contribution in [0.3, 0.4) is 0 Å². The van der Waals surface area contributed by atoms with Crippen LogP contribution in [0.5, 0.6) is 0 Å². The van der Waals surface area contributed by atoms with Gasteiger partial charge in [-0.25, -0.2) is 4.68 Å². The Morgan fingerprint density at radius 3 is 2.79 bits per heavy atom. The summed E-state index contributed by atoms with van der Waals surface area (Å²) in [6.45, 7) is 0.572. The first-order valence-corrected chi connectivity index (χ1v) is 4.35. The molecule has 1 N–H and O–H groups in total. The Hall–Kier alpha value is -0.980. The zero-order valence-corrected chi connectivity index (χ0v) is 8.38. The van der Waals surface area contributed by atoms with Crippen molar-refractivity contribution in [3.63, 3.8) is 0 Å². The molecule has 1 aromatic heterocycles. The molecule has 0 aliphatic carbocycles. The van der Waals surface area contributed by atoms with Crippen molar-refractivity contribution in [1.82, 2.24) is 15.0 Å². The van der Waals surface area contributed by atoms with E-state index in [1.54, 1.807) is 25.1 Å². The number of rotatable bonds is 6. The van der Waals surface area contributed by atoms with Crippen molar-refractivity contribution in [1.29, 1.82) is 0 Å². The number of ether oxygens (including phenoxy) is 2. The lowest BCUT2D eigenvalue weighted by Gasteiger charge is -2.11. The van der Waals surface area contributed by atoms with Crippen LogP contribution in [0.15, 0.2) is 6.20 Å². The lowest BCUT2D eigenvalue weighted by molar-refractivity contribution is -0.112. The lowest BCUT2D eigenvalue weighted by Crippen LogP contribution is -2.20. The molecule has 0 atom stereocenters. The predicted molar refractivity (Wildman–Crippen MR) is 48.6 cm³/mol. The van der Waals surface area contributed by atoms with Crippen LogP contribution in [0.25, 0.3) is 0 Å². The van der Waals surface area contributed by atoms with E-state index in [0.29, 0.717) is 13.0 Å². The highest BCUT2D eigenvalue weighted by atomic mass is 16.7. The van der Waals surface area contributed by atoms with Crippen molar-refractivity contribution < 1.29 is 14.6 Å². The molecule has 0 fully saturated rings. The standard InChI is InChI=1S/C8H15N3O3/c1-13-8(14-2)6-11-5-7(3-4-12)9-10-11/h5,8,12H,3-4,6H2,1-2H3. The number of nitrogens with zero attached hydrogens (tertiary/aromatic N) is 3. The van der Waals surface area contributed by atoms with Crippen LogP contribution in [-0.4, -0.2) is 47.2 Å². The van der Waals surface area contributed by atoms with E-state index in [1.165, 1.54) is 0 Å². The van der Waals surface area contributed by atoms with E-state index in [1.807, 2.05) is 0 Å². The quantitative estimate of drug-likeness (QED) is 0.624. The third kappa shape index (κ3) is 3.06. The van der Waals surface area contributed by atoms with Gasteiger partial charge in [0.2, 0.25) is 0 Å². The Bertz CT molecular complexity index is 260. The number of aliphatic hydroxyl groups excluding tert-OH is 1. The van der Waals surface area contributed by atoms with Gasteiger partial charge in [0.15, 0.2) is 6.29 Å². The molecule has 0 unspecified atom stereocenters. The van der Waals surface area contributed by atoms with Crippen molar-refractivity contribution in [3.05, 3.63) is 11.9 Å². The van der Waals surface area contributed by atoms with Crippen molar-refractivity contribution >= 4 is 0 Å². The van der Waals surface area contributed by atoms with Gasteiger partial charge in [0.05, 0.1) is 12.2 Å². The van der Waals surface area contributed by atoms with Crippen LogP contribution < -0.4 is 0 Å². The fourth-order valence-electron chi connectivity index (χ4n) is 1.05. The lowest BCUT2D eigenvalue weighted by atomic mass is 10.3. The van der Waals surface area contributed by atoms with Gasteiger partial charge in [-0.05, 0) is 0 Å². The fourth-order valence-corrected chi connectivity index (χ4v) is 1.05. The molecule has 0 aromatic carbocycles. The van der Waals surface area contributed by atoms with E-state index in [2.05, 4.69) is 10.3 Å². The molecule has 0 spiro atoms. The Morgan fingerprint density at radius 2 is 2.21 bits per heavy atom. The van der Waals surface area contributed by atoms with E-state index in [-0.39, 0.29) is 12.9 Å². The number of methoxy groups -OCH3 is 2. The summed E-state index contributed by atoms with van der Waals surface area (Å²) in [4.78, 5) is 0. The normalized spacial score (nSPS) is 11.1. The van der Waals surface area contributed by atoms with Gasteiger partial charge in [0.25, 0.3) is 0 Å². The topological polar surface area (TPSA) is 69.4 Å². The van der Waals surface area contributed by atoms with Gasteiger partial charge in [-0.2, -0.15) is 0 Å². The van der Waals surface area contributed by atoms with Crippen molar-refractivity contribution in [3.8, 4) is 0 Å². The summed E-state index contributed by atoms with van der Waals surface area (Å²) in [5.41, 5.74) is 0.762. The van der Waals surface area contributed by atoms with Crippen LogP contribution in [0, 0.1) is 0 Å². The van der Waals surface area contributed by atoms with Gasteiger partial charge in [-0.15, -0.1) is 5.10 Å². The van der Waals surface area contributed by atoms with E-state index >= 15 is 0 Å². The van der Waals surface area contributed by atoms with E-state index in [9.17, 15) is 0 Å². The Labute approximate surface area is 82.4 Å². The van der Waals surface area contributed by atoms with Gasteiger partial charge in [-0.1, -0.05) is 5.21 Å². The molecule has 0 aliphatic rings. The summed E-state index contributed by atoms with van der Waals surface area (Å²) in [7, 11) is 3.14. The zero-order valence-electron chi connectivity index (χ0n) is 8.38. The molecule has 1 rings (SSSR count). The molecular weight excluding hydrogens is 186 g/mol. The van der Waals surface area contributed by atoms with Crippen LogP contribution in [0.4, 0.5) is 0 Å². The third-order valence-corrected chi connectivity index (χ3v) is 1.82. The van der Waals surface area contributed by atoms with Crippen molar-refractivity contribution in [2.75, 3.05) is 20.8 Å². The smallest absolute Gasteiger partial charge is 0.176 e. The summed E-state index contributed by atoms with van der Waals surface area (Å²) in [5, 5.41) is 16.4. The monoisotopic (exact) mass is 201 g/mol. The SMILES string of the molecule is COC(Cn1cc(CCO)nn1)OC. The highest BCUT2D eigenvalue weighted by molar-refractivity contribution is 4.91. The summed E-state index contributed by atoms with van der Waals surface area (Å²) in [6, 6.07) is 0. The molecule has 0 saturated carbocycles. The minimum Gasteiger partial charge on any atom is -0.396 e. The second-order valence-electron chi connectivity index (χ2n) is 2.81. The second kappa shape index (κ2) is 5.69. The highest BCUT2D eigenvalue weighted by Crippen LogP contribution is 1.98. The predicted octanol–water partition coefficient (Wildman–Crippen LogP) is -0.568. The zero-order chi connectivity index (χ0) is 10.4.